The van der Waals surface area contributed by atoms with Gasteiger partial charge in [-0.15, -0.1) is 0 Å². The molecule has 0 saturated carbocycles. The summed E-state index contributed by atoms with van der Waals surface area (Å²) in [4.78, 5) is 11.1. The van der Waals surface area contributed by atoms with E-state index < -0.39 is 21.1 Å². The first-order chi connectivity index (χ1) is 8.76. The highest BCUT2D eigenvalue weighted by atomic mass is 35.5. The molecule has 0 amide bonds. The van der Waals surface area contributed by atoms with E-state index in [1.807, 2.05) is 0 Å². The van der Waals surface area contributed by atoms with Crippen LogP contribution in [0.5, 0.6) is 0 Å². The van der Waals surface area contributed by atoms with Gasteiger partial charge < -0.3 is 4.74 Å². The Morgan fingerprint density at radius 2 is 2.00 bits per heavy atom. The molecule has 1 aromatic carbocycles. The largest absolute Gasteiger partial charge is 0.469 e. The molecule has 0 aliphatic carbocycles. The van der Waals surface area contributed by atoms with Crippen LogP contribution in [0.4, 0.5) is 0 Å². The molecule has 1 atom stereocenters. The van der Waals surface area contributed by atoms with E-state index in [1.54, 1.807) is 12.1 Å². The van der Waals surface area contributed by atoms with Crippen LogP contribution in [0.25, 0.3) is 0 Å². The maximum atomic E-state index is 12.1. The lowest BCUT2D eigenvalue weighted by Gasteiger charge is -2.12. The van der Waals surface area contributed by atoms with E-state index in [9.17, 15) is 13.2 Å². The number of rotatable bonds is 5. The van der Waals surface area contributed by atoms with Gasteiger partial charge in [-0.05, 0) is 24.6 Å². The van der Waals surface area contributed by atoms with E-state index in [2.05, 4.69) is 4.74 Å². The van der Waals surface area contributed by atoms with Gasteiger partial charge in [0, 0.05) is 10.0 Å². The zero-order valence-electron chi connectivity index (χ0n) is 10.5. The topological polar surface area (TPSA) is 60.4 Å². The molecule has 0 heterocycles. The van der Waals surface area contributed by atoms with Gasteiger partial charge in [0.25, 0.3) is 0 Å². The molecule has 0 bridgehead atoms. The molecule has 0 radical (unpaired) electrons. The lowest BCUT2D eigenvalue weighted by Crippen LogP contribution is -2.23. The number of halogens is 2. The predicted octanol–water partition coefficient (Wildman–Crippen LogP) is 2.86. The lowest BCUT2D eigenvalue weighted by molar-refractivity contribution is -0.140. The van der Waals surface area contributed by atoms with Crippen LogP contribution in [0.2, 0.25) is 10.0 Å². The Balaban J connectivity index is 2.87. The number of ether oxygens (including phenoxy) is 1. The Bertz CT molecular complexity index is 569. The fraction of sp³-hybridized carbons (Fsp3) is 0.417. The molecule has 0 aromatic heterocycles. The van der Waals surface area contributed by atoms with Crippen molar-refractivity contribution in [3.05, 3.63) is 33.8 Å². The summed E-state index contributed by atoms with van der Waals surface area (Å²) in [5.41, 5.74) is 0.461. The summed E-state index contributed by atoms with van der Waals surface area (Å²) in [6, 6.07) is 4.62. The van der Waals surface area contributed by atoms with E-state index in [-0.39, 0.29) is 12.2 Å². The highest BCUT2D eigenvalue weighted by Crippen LogP contribution is 2.24. The van der Waals surface area contributed by atoms with Gasteiger partial charge in [0.2, 0.25) is 0 Å². The molecule has 106 valence electrons. The van der Waals surface area contributed by atoms with Crippen LogP contribution in [0.3, 0.4) is 0 Å². The molecule has 19 heavy (non-hydrogen) atoms. The monoisotopic (exact) mass is 324 g/mol. The Hall–Kier alpha value is -0.780. The van der Waals surface area contributed by atoms with Gasteiger partial charge in [-0.3, -0.25) is 4.79 Å². The van der Waals surface area contributed by atoms with Crippen LogP contribution >= 0.6 is 23.2 Å². The first-order valence-corrected chi connectivity index (χ1v) is 7.95. The molecule has 0 N–H and O–H groups in total. The van der Waals surface area contributed by atoms with Crippen molar-refractivity contribution in [2.75, 3.05) is 7.11 Å². The number of benzene rings is 1. The fourth-order valence-electron chi connectivity index (χ4n) is 1.44. The van der Waals surface area contributed by atoms with Crippen molar-refractivity contribution in [2.45, 2.75) is 24.3 Å². The molecule has 0 fully saturated rings. The lowest BCUT2D eigenvalue weighted by atomic mass is 10.2. The van der Waals surface area contributed by atoms with Gasteiger partial charge >= 0.3 is 5.97 Å². The van der Waals surface area contributed by atoms with Gasteiger partial charge in [0.1, 0.15) is 0 Å². The molecule has 0 aliphatic rings. The standard InChI is InChI=1S/C12H14Cl2O4S/c1-8(5-12(15)18-2)19(16,17)7-9-3-4-10(13)6-11(9)14/h3-4,6,8H,5,7H2,1-2H3. The van der Waals surface area contributed by atoms with Gasteiger partial charge in [0.05, 0.1) is 24.5 Å². The molecule has 7 heteroatoms. The maximum absolute atomic E-state index is 12.1. The number of carbonyl (C=O) groups is 1. The molecular weight excluding hydrogens is 311 g/mol. The van der Waals surface area contributed by atoms with E-state index >= 15 is 0 Å². The summed E-state index contributed by atoms with van der Waals surface area (Å²) in [7, 11) is -2.26. The zero-order valence-corrected chi connectivity index (χ0v) is 12.8. The molecule has 1 rings (SSSR count). The summed E-state index contributed by atoms with van der Waals surface area (Å²) in [6.07, 6.45) is -0.177. The smallest absolute Gasteiger partial charge is 0.306 e. The van der Waals surface area contributed by atoms with Crippen LogP contribution in [0.1, 0.15) is 18.9 Å². The minimum Gasteiger partial charge on any atom is -0.469 e. The zero-order chi connectivity index (χ0) is 14.6. The Kier molecular flexibility index (Phi) is 5.64. The van der Waals surface area contributed by atoms with Crippen molar-refractivity contribution < 1.29 is 17.9 Å². The molecule has 0 aliphatic heterocycles. The molecule has 0 saturated heterocycles. The van der Waals surface area contributed by atoms with Crippen molar-refractivity contribution in [1.29, 1.82) is 0 Å². The third kappa shape index (κ3) is 4.67. The number of sulfone groups is 1. The van der Waals surface area contributed by atoms with Gasteiger partial charge in [-0.25, -0.2) is 8.42 Å². The second-order valence-electron chi connectivity index (χ2n) is 4.13. The second-order valence-corrected chi connectivity index (χ2v) is 7.40. The van der Waals surface area contributed by atoms with Crippen molar-refractivity contribution >= 4 is 39.0 Å². The van der Waals surface area contributed by atoms with Crippen LogP contribution in [0.15, 0.2) is 18.2 Å². The predicted molar refractivity (Wildman–Crippen MR) is 75.2 cm³/mol. The first kappa shape index (κ1) is 16.3. The van der Waals surface area contributed by atoms with Crippen LogP contribution in [-0.4, -0.2) is 26.7 Å². The fourth-order valence-corrected chi connectivity index (χ4v) is 3.36. The molecular formula is C12H14Cl2O4S. The number of hydrogen-bond donors (Lipinski definition) is 0. The van der Waals surface area contributed by atoms with Crippen molar-refractivity contribution in [2.24, 2.45) is 0 Å². The second kappa shape index (κ2) is 6.59. The summed E-state index contributed by atoms with van der Waals surface area (Å²) in [5.74, 6) is -0.792. The van der Waals surface area contributed by atoms with Crippen molar-refractivity contribution in [3.63, 3.8) is 0 Å². The average molecular weight is 325 g/mol. The highest BCUT2D eigenvalue weighted by molar-refractivity contribution is 7.91. The van der Waals surface area contributed by atoms with E-state index in [0.29, 0.717) is 15.6 Å². The van der Waals surface area contributed by atoms with Crippen molar-refractivity contribution in [3.8, 4) is 0 Å². The van der Waals surface area contributed by atoms with E-state index in [0.717, 1.165) is 0 Å². The quantitative estimate of drug-likeness (QED) is 0.781. The van der Waals surface area contributed by atoms with E-state index in [4.69, 9.17) is 23.2 Å². The maximum Gasteiger partial charge on any atom is 0.306 e. The summed E-state index contributed by atoms with van der Waals surface area (Å²) < 4.78 is 28.6. The highest BCUT2D eigenvalue weighted by Gasteiger charge is 2.25. The summed E-state index contributed by atoms with van der Waals surface area (Å²) >= 11 is 11.7. The Morgan fingerprint density at radius 1 is 1.37 bits per heavy atom. The average Bonchev–Trinajstić information content (AvgIpc) is 2.32. The Labute approximate surface area is 122 Å². The molecule has 0 spiro atoms. The van der Waals surface area contributed by atoms with Crippen molar-refractivity contribution in [1.82, 2.24) is 0 Å². The minimum absolute atomic E-state index is 0.177. The van der Waals surface area contributed by atoms with Crippen LogP contribution in [0, 0.1) is 0 Å². The van der Waals surface area contributed by atoms with Gasteiger partial charge in [-0.1, -0.05) is 29.3 Å². The van der Waals surface area contributed by atoms with Crippen LogP contribution < -0.4 is 0 Å². The van der Waals surface area contributed by atoms with Crippen LogP contribution in [-0.2, 0) is 25.1 Å². The third-order valence-corrected chi connectivity index (χ3v) is 5.36. The first-order valence-electron chi connectivity index (χ1n) is 5.48. The number of methoxy groups -OCH3 is 1. The molecule has 1 aromatic rings. The number of esters is 1. The minimum atomic E-state index is -3.48. The SMILES string of the molecule is COC(=O)CC(C)S(=O)(=O)Cc1ccc(Cl)cc1Cl. The normalized spacial score (nSPS) is 13.1. The van der Waals surface area contributed by atoms with E-state index in [1.165, 1.54) is 20.1 Å². The van der Waals surface area contributed by atoms with Gasteiger partial charge in [0.15, 0.2) is 9.84 Å². The van der Waals surface area contributed by atoms with Gasteiger partial charge in [-0.2, -0.15) is 0 Å². The third-order valence-electron chi connectivity index (χ3n) is 2.67. The summed E-state index contributed by atoms with van der Waals surface area (Å²) in [6.45, 7) is 1.47. The summed E-state index contributed by atoms with van der Waals surface area (Å²) in [5, 5.41) is -0.0956. The number of hydrogen-bond acceptors (Lipinski definition) is 4. The Morgan fingerprint density at radius 3 is 2.53 bits per heavy atom. The number of carbonyl (C=O) groups excluding carboxylic acids is 1. The molecule has 1 unspecified atom stereocenters. The molecule has 4 nitrogen and oxygen atoms in total.